The number of aromatic carboxylic acids is 1. The van der Waals surface area contributed by atoms with Crippen molar-refractivity contribution in [1.29, 1.82) is 0 Å². The van der Waals surface area contributed by atoms with Crippen LogP contribution in [0.15, 0.2) is 78.9 Å². The number of H-pyrrole nitrogens is 1. The van der Waals surface area contributed by atoms with E-state index in [1.54, 1.807) is 6.07 Å². The largest absolute Gasteiger partial charge is 0.512 e. The summed E-state index contributed by atoms with van der Waals surface area (Å²) >= 11 is 0. The molecule has 0 aliphatic carbocycles. The van der Waals surface area contributed by atoms with E-state index < -0.39 is 12.1 Å². The fourth-order valence-electron chi connectivity index (χ4n) is 4.70. The van der Waals surface area contributed by atoms with Crippen LogP contribution in [0.3, 0.4) is 0 Å². The average molecular weight is 512 g/mol. The van der Waals surface area contributed by atoms with Crippen LogP contribution in [-0.4, -0.2) is 41.0 Å². The van der Waals surface area contributed by atoms with Gasteiger partial charge in [0.1, 0.15) is 11.5 Å². The predicted octanol–water partition coefficient (Wildman–Crippen LogP) is 6.76. The van der Waals surface area contributed by atoms with E-state index in [0.717, 1.165) is 21.9 Å². The third-order valence-electron chi connectivity index (χ3n) is 6.41. The quantitative estimate of drug-likeness (QED) is 0.148. The van der Waals surface area contributed by atoms with Crippen LogP contribution in [0.1, 0.15) is 22.3 Å². The molecular weight excluding hydrogens is 486 g/mol. The summed E-state index contributed by atoms with van der Waals surface area (Å²) in [7, 11) is 1.51. The molecule has 4 aromatic carbocycles. The Morgan fingerprint density at radius 1 is 0.842 bits per heavy atom. The molecule has 192 valence electrons. The normalized spacial score (nSPS) is 11.0. The van der Waals surface area contributed by atoms with Gasteiger partial charge in [-0.25, -0.2) is 9.59 Å². The number of nitrogens with one attached hydrogen (secondary N) is 1. The van der Waals surface area contributed by atoms with E-state index in [-0.39, 0.29) is 11.4 Å². The molecule has 0 fully saturated rings. The SMILES string of the molecule is COc1ccc(C(=O)O)cc1-c1cccc2c(CCCOc3cccc4ccccc34)c(OC(=O)O)[nH]c12. The summed E-state index contributed by atoms with van der Waals surface area (Å²) in [5, 5.41) is 21.7. The number of fused-ring (bicyclic) bond motifs is 2. The number of ether oxygens (including phenoxy) is 3. The first kappa shape index (κ1) is 24.7. The lowest BCUT2D eigenvalue weighted by atomic mass is 9.98. The second-order valence-corrected chi connectivity index (χ2v) is 8.68. The fourth-order valence-corrected chi connectivity index (χ4v) is 4.70. The molecule has 0 spiro atoms. The minimum Gasteiger partial charge on any atom is -0.496 e. The van der Waals surface area contributed by atoms with Crippen LogP contribution in [0.4, 0.5) is 4.79 Å². The van der Waals surface area contributed by atoms with Crippen LogP contribution in [-0.2, 0) is 6.42 Å². The van der Waals surface area contributed by atoms with E-state index in [9.17, 15) is 19.8 Å². The highest BCUT2D eigenvalue weighted by Gasteiger charge is 2.20. The van der Waals surface area contributed by atoms with Gasteiger partial charge in [0, 0.05) is 27.5 Å². The highest BCUT2D eigenvalue weighted by molar-refractivity contribution is 6.00. The molecule has 0 saturated heterocycles. The Hall–Kier alpha value is -4.98. The van der Waals surface area contributed by atoms with E-state index in [1.165, 1.54) is 19.2 Å². The van der Waals surface area contributed by atoms with Crippen molar-refractivity contribution in [2.45, 2.75) is 12.8 Å². The molecule has 0 amide bonds. The van der Waals surface area contributed by atoms with Gasteiger partial charge in [0.25, 0.3) is 0 Å². The third-order valence-corrected chi connectivity index (χ3v) is 6.41. The fraction of sp³-hybridized carbons (Fsp3) is 0.133. The van der Waals surface area contributed by atoms with Crippen LogP contribution in [0.2, 0.25) is 0 Å². The van der Waals surface area contributed by atoms with Gasteiger partial charge in [-0.2, -0.15) is 0 Å². The highest BCUT2D eigenvalue weighted by atomic mass is 16.7. The van der Waals surface area contributed by atoms with Gasteiger partial charge in [0.2, 0.25) is 5.88 Å². The van der Waals surface area contributed by atoms with E-state index >= 15 is 0 Å². The van der Waals surface area contributed by atoms with E-state index in [0.29, 0.717) is 47.4 Å². The maximum Gasteiger partial charge on any atom is 0.512 e. The number of aromatic nitrogens is 1. The molecular formula is C30H25NO7. The molecule has 8 heteroatoms. The molecule has 0 unspecified atom stereocenters. The summed E-state index contributed by atoms with van der Waals surface area (Å²) in [6.07, 6.45) is -0.339. The van der Waals surface area contributed by atoms with Crippen LogP contribution in [0, 0.1) is 0 Å². The molecule has 0 atom stereocenters. The second-order valence-electron chi connectivity index (χ2n) is 8.68. The number of methoxy groups -OCH3 is 1. The Morgan fingerprint density at radius 2 is 1.61 bits per heavy atom. The van der Waals surface area contributed by atoms with Crippen LogP contribution >= 0.6 is 0 Å². The average Bonchev–Trinajstić information content (AvgIpc) is 3.27. The first-order chi connectivity index (χ1) is 18.5. The van der Waals surface area contributed by atoms with Crippen molar-refractivity contribution in [3.05, 3.63) is 90.0 Å². The maximum absolute atomic E-state index is 11.6. The lowest BCUT2D eigenvalue weighted by Crippen LogP contribution is -2.06. The standard InChI is InChI=1S/C30H25NO7/c1-36-25-15-14-19(29(32)33)17-24(25)22-11-5-10-21-23(28(31-27(21)22)38-30(34)35)12-6-16-37-26-13-4-8-18-7-2-3-9-20(18)26/h2-5,7-11,13-15,17,31H,6,12,16H2,1H3,(H,32,33)(H,34,35). The Morgan fingerprint density at radius 3 is 2.39 bits per heavy atom. The van der Waals surface area contributed by atoms with Crippen LogP contribution in [0.5, 0.6) is 17.4 Å². The summed E-state index contributed by atoms with van der Waals surface area (Å²) < 4.78 is 16.7. The zero-order valence-electron chi connectivity index (χ0n) is 20.6. The Balaban J connectivity index is 1.47. The van der Waals surface area contributed by atoms with Crippen LogP contribution in [0.25, 0.3) is 32.8 Å². The first-order valence-corrected chi connectivity index (χ1v) is 12.0. The molecule has 8 nitrogen and oxygen atoms in total. The van der Waals surface area contributed by atoms with Gasteiger partial charge in [-0.15, -0.1) is 0 Å². The van der Waals surface area contributed by atoms with Crippen LogP contribution < -0.4 is 14.2 Å². The van der Waals surface area contributed by atoms with Crippen molar-refractivity contribution in [2.24, 2.45) is 0 Å². The summed E-state index contributed by atoms with van der Waals surface area (Å²) in [6.45, 7) is 0.418. The molecule has 0 saturated carbocycles. The summed E-state index contributed by atoms with van der Waals surface area (Å²) in [5.74, 6) is 0.340. The molecule has 0 aliphatic heterocycles. The zero-order chi connectivity index (χ0) is 26.6. The highest BCUT2D eigenvalue weighted by Crippen LogP contribution is 2.39. The molecule has 5 aromatic rings. The predicted molar refractivity (Wildman–Crippen MR) is 144 cm³/mol. The molecule has 0 radical (unpaired) electrons. The van der Waals surface area contributed by atoms with E-state index in [1.807, 2.05) is 60.7 Å². The van der Waals surface area contributed by atoms with Crippen molar-refractivity contribution in [1.82, 2.24) is 4.98 Å². The number of para-hydroxylation sites is 1. The van der Waals surface area contributed by atoms with Gasteiger partial charge in [-0.3, -0.25) is 0 Å². The molecule has 5 rings (SSSR count). The molecule has 0 bridgehead atoms. The van der Waals surface area contributed by atoms with Gasteiger partial charge in [-0.05, 0) is 42.5 Å². The minimum absolute atomic E-state index is 0.108. The second kappa shape index (κ2) is 10.6. The zero-order valence-corrected chi connectivity index (χ0v) is 20.6. The smallest absolute Gasteiger partial charge is 0.496 e. The number of hydrogen-bond acceptors (Lipinski definition) is 5. The number of carboxylic acid groups (broad SMARTS) is 2. The van der Waals surface area contributed by atoms with Crippen molar-refractivity contribution < 1.29 is 34.0 Å². The van der Waals surface area contributed by atoms with Crippen molar-refractivity contribution >= 4 is 33.8 Å². The lowest BCUT2D eigenvalue weighted by molar-refractivity contribution is 0.0696. The lowest BCUT2D eigenvalue weighted by Gasteiger charge is -2.11. The topological polar surface area (TPSA) is 118 Å². The van der Waals surface area contributed by atoms with Gasteiger partial charge >= 0.3 is 12.1 Å². The van der Waals surface area contributed by atoms with E-state index in [4.69, 9.17) is 14.2 Å². The molecule has 1 heterocycles. The first-order valence-electron chi connectivity index (χ1n) is 12.0. The number of aryl methyl sites for hydroxylation is 1. The monoisotopic (exact) mass is 511 g/mol. The number of rotatable bonds is 9. The van der Waals surface area contributed by atoms with E-state index in [2.05, 4.69) is 4.98 Å². The number of benzene rings is 4. The maximum atomic E-state index is 11.6. The Labute approximate surface area is 218 Å². The summed E-state index contributed by atoms with van der Waals surface area (Å²) in [5.41, 5.74) is 2.65. The molecule has 0 aliphatic rings. The molecule has 1 aromatic heterocycles. The summed E-state index contributed by atoms with van der Waals surface area (Å²) in [6, 6.07) is 24.0. The Bertz CT molecular complexity index is 1650. The van der Waals surface area contributed by atoms with Crippen molar-refractivity contribution in [3.63, 3.8) is 0 Å². The molecule has 3 N–H and O–H groups in total. The van der Waals surface area contributed by atoms with Gasteiger partial charge in [-0.1, -0.05) is 54.6 Å². The van der Waals surface area contributed by atoms with Gasteiger partial charge in [0.15, 0.2) is 0 Å². The summed E-state index contributed by atoms with van der Waals surface area (Å²) in [4.78, 5) is 26.2. The van der Waals surface area contributed by atoms with Gasteiger partial charge < -0.3 is 29.4 Å². The molecule has 38 heavy (non-hydrogen) atoms. The van der Waals surface area contributed by atoms with Gasteiger partial charge in [0.05, 0.1) is 24.8 Å². The Kier molecular flexibility index (Phi) is 6.86. The number of aromatic amines is 1. The van der Waals surface area contributed by atoms with Crippen molar-refractivity contribution in [3.8, 4) is 28.5 Å². The number of carbonyl (C=O) groups is 2. The number of hydrogen-bond donors (Lipinski definition) is 3. The third kappa shape index (κ3) is 4.84. The van der Waals surface area contributed by atoms with Crippen molar-refractivity contribution in [2.75, 3.05) is 13.7 Å². The number of carboxylic acids is 1. The minimum atomic E-state index is -1.43.